The first-order valence-corrected chi connectivity index (χ1v) is 20.7. The maximum atomic E-state index is 13.2. The van der Waals surface area contributed by atoms with E-state index in [0.717, 1.165) is 61.2 Å². The molecule has 4 aromatic rings. The largest absolute Gasteiger partial charge is 0.476 e. The van der Waals surface area contributed by atoms with Crippen molar-refractivity contribution in [2.75, 3.05) is 53.5 Å². The molecule has 2 amide bonds. The van der Waals surface area contributed by atoms with E-state index in [-0.39, 0.29) is 25.0 Å². The quantitative estimate of drug-likeness (QED) is 0.134. The van der Waals surface area contributed by atoms with Gasteiger partial charge in [0.15, 0.2) is 0 Å². The fourth-order valence-electron chi connectivity index (χ4n) is 7.35. The minimum absolute atomic E-state index is 0.312. The molecule has 4 atom stereocenters. The summed E-state index contributed by atoms with van der Waals surface area (Å²) in [5.74, 6) is -2.80. The van der Waals surface area contributed by atoms with Gasteiger partial charge in [0.05, 0.1) is 10.8 Å². The number of amides is 2. The van der Waals surface area contributed by atoms with Crippen molar-refractivity contribution in [1.29, 1.82) is 0 Å². The van der Waals surface area contributed by atoms with E-state index in [1.807, 2.05) is 23.9 Å². The Morgan fingerprint density at radius 2 is 0.897 bits per heavy atom. The molecule has 6 heterocycles. The van der Waals surface area contributed by atoms with Gasteiger partial charge in [-0.05, 0) is 89.3 Å². The average Bonchev–Trinajstić information content (AvgIpc) is 3.81. The summed E-state index contributed by atoms with van der Waals surface area (Å²) >= 11 is 0. The number of nitrogens with one attached hydrogen (secondary N) is 2. The molecule has 0 aliphatic carbocycles. The number of hydrogen-bond acceptors (Lipinski definition) is 10. The summed E-state index contributed by atoms with van der Waals surface area (Å²) in [4.78, 5) is 44.0. The summed E-state index contributed by atoms with van der Waals surface area (Å²) in [5, 5.41) is 5.74. The van der Waals surface area contributed by atoms with E-state index in [4.69, 9.17) is 9.47 Å². The van der Waals surface area contributed by atoms with Gasteiger partial charge in [-0.2, -0.15) is 52.7 Å². The van der Waals surface area contributed by atoms with Gasteiger partial charge >= 0.3 is 24.7 Å². The molecule has 4 aromatic heterocycles. The molecule has 2 aliphatic heterocycles. The van der Waals surface area contributed by atoms with Crippen molar-refractivity contribution in [1.82, 2.24) is 40.4 Å². The van der Waals surface area contributed by atoms with Gasteiger partial charge in [0.1, 0.15) is 35.7 Å². The molecule has 0 saturated carbocycles. The van der Waals surface area contributed by atoms with Crippen LogP contribution in [0.3, 0.4) is 0 Å². The zero-order chi connectivity index (χ0) is 50.6. The molecule has 2 saturated heterocycles. The smallest absolute Gasteiger partial charge is 0.433 e. The van der Waals surface area contributed by atoms with Crippen molar-refractivity contribution in [2.24, 2.45) is 10.8 Å². The van der Waals surface area contributed by atoms with Crippen molar-refractivity contribution in [2.45, 2.75) is 76.3 Å². The van der Waals surface area contributed by atoms with Gasteiger partial charge in [0.2, 0.25) is 23.6 Å². The third kappa shape index (κ3) is 13.7. The van der Waals surface area contributed by atoms with Crippen molar-refractivity contribution in [3.05, 3.63) is 107 Å². The van der Waals surface area contributed by atoms with Gasteiger partial charge < -0.3 is 29.9 Å². The lowest BCUT2D eigenvalue weighted by atomic mass is 9.90. The van der Waals surface area contributed by atoms with Gasteiger partial charge in [-0.15, -0.1) is 0 Å². The Morgan fingerprint density at radius 1 is 0.544 bits per heavy atom. The van der Waals surface area contributed by atoms with Crippen molar-refractivity contribution < 1.29 is 71.7 Å². The van der Waals surface area contributed by atoms with Crippen molar-refractivity contribution >= 4 is 11.8 Å². The summed E-state index contributed by atoms with van der Waals surface area (Å²) in [5.41, 5.74) is -5.45. The molecule has 2 aliphatic rings. The first kappa shape index (κ1) is 53.2. The molecular weight excluding hydrogens is 933 g/mol. The van der Waals surface area contributed by atoms with Gasteiger partial charge in [-0.1, -0.05) is 12.1 Å². The van der Waals surface area contributed by atoms with Crippen LogP contribution in [0.4, 0.5) is 52.7 Å². The Bertz CT molecular complexity index is 2180. The number of likely N-dealkylation sites (tertiary alicyclic amines) is 2. The maximum Gasteiger partial charge on any atom is 0.433 e. The summed E-state index contributed by atoms with van der Waals surface area (Å²) in [7, 11) is 3.62. The van der Waals surface area contributed by atoms with Crippen LogP contribution in [-0.4, -0.2) is 107 Å². The topological polar surface area (TPSA) is 135 Å². The number of likely N-dealkylation sites (N-methyl/N-ethyl adjacent to an activating group) is 2. The highest BCUT2D eigenvalue weighted by Gasteiger charge is 2.42. The third-order valence-corrected chi connectivity index (χ3v) is 11.2. The van der Waals surface area contributed by atoms with Crippen LogP contribution in [0.15, 0.2) is 73.3 Å². The second-order valence-corrected chi connectivity index (χ2v) is 17.8. The predicted octanol–water partition coefficient (Wildman–Crippen LogP) is 8.27. The first-order valence-electron chi connectivity index (χ1n) is 20.7. The number of ether oxygens (including phenoxy) is 2. The molecule has 0 bridgehead atoms. The van der Waals surface area contributed by atoms with Gasteiger partial charge in [0.25, 0.3) is 0 Å². The molecule has 0 unspecified atom stereocenters. The number of aromatic nitrogens is 4. The second kappa shape index (κ2) is 20.4. The average molecular weight is 981 g/mol. The normalized spacial score (nSPS) is 19.8. The van der Waals surface area contributed by atoms with Gasteiger partial charge in [0, 0.05) is 74.9 Å². The Morgan fingerprint density at radius 3 is 1.19 bits per heavy atom. The number of hydrogen-bond donors (Lipinski definition) is 2. The highest BCUT2D eigenvalue weighted by molar-refractivity contribution is 5.83. The first-order chi connectivity index (χ1) is 31.4. The summed E-state index contributed by atoms with van der Waals surface area (Å²) in [6.07, 6.45) is -13.8. The number of pyridine rings is 4. The van der Waals surface area contributed by atoms with E-state index in [2.05, 4.69) is 30.6 Å². The highest BCUT2D eigenvalue weighted by atomic mass is 19.4. The van der Waals surface area contributed by atoms with Crippen LogP contribution >= 0.6 is 0 Å². The van der Waals surface area contributed by atoms with Gasteiger partial charge in [-0.3, -0.25) is 19.6 Å². The van der Waals surface area contributed by atoms with E-state index in [0.29, 0.717) is 37.3 Å². The Labute approximate surface area is 382 Å². The molecule has 2 fully saturated rings. The monoisotopic (exact) mass is 980 g/mol. The zero-order valence-electron chi connectivity index (χ0n) is 37.3. The number of nitrogens with zero attached hydrogens (tertiary/aromatic N) is 6. The Kier molecular flexibility index (Phi) is 16.0. The minimum atomic E-state index is -4.66. The molecule has 12 nitrogen and oxygen atoms in total. The van der Waals surface area contributed by atoms with Crippen LogP contribution in [0, 0.1) is 10.8 Å². The van der Waals surface area contributed by atoms with Crippen LogP contribution < -0.4 is 20.1 Å². The van der Waals surface area contributed by atoms with E-state index < -0.39 is 93.7 Å². The molecular formula is C44H48F12N8O4. The van der Waals surface area contributed by atoms with Crippen LogP contribution in [0.25, 0.3) is 0 Å². The molecule has 372 valence electrons. The fourth-order valence-corrected chi connectivity index (χ4v) is 7.35. The lowest BCUT2D eigenvalue weighted by Crippen LogP contribution is -2.48. The molecule has 68 heavy (non-hydrogen) atoms. The van der Waals surface area contributed by atoms with Gasteiger partial charge in [-0.25, -0.2) is 9.97 Å². The van der Waals surface area contributed by atoms with Crippen LogP contribution in [0.1, 0.15) is 73.2 Å². The van der Waals surface area contributed by atoms with Crippen LogP contribution in [0.2, 0.25) is 0 Å². The van der Waals surface area contributed by atoms with E-state index in [9.17, 15) is 62.3 Å². The number of rotatable bonds is 12. The number of carbonyl (C=O) groups excluding carboxylic acids is 2. The standard InChI is InChI=1S/2C22H24F6N4O2/c2*1-20(2,12-34-18-15(21(23,24)25)5-4-8-29-18)19(33)31-16-11-32(3)10-14(16)13-6-7-17(30-9-13)22(26,27)28/h2*4-9,14,16H,10-12H2,1-3H3,(H,31,33)/t2*14-,16+/m10/s1. The molecule has 2 N–H and O–H groups in total. The highest BCUT2D eigenvalue weighted by Crippen LogP contribution is 2.38. The van der Waals surface area contributed by atoms with E-state index in [1.54, 1.807) is 0 Å². The SMILES string of the molecule is CN1C[C@@H](NC(=O)C(C)(C)COc2ncccc2C(F)(F)F)[C@H](c2ccc(C(F)(F)F)nc2)C1.CN1C[C@H](NC(=O)C(C)(C)COc2ncccc2C(F)(F)F)[C@@H](c2ccc(C(F)(F)F)nc2)C1. The number of alkyl halides is 12. The summed E-state index contributed by atoms with van der Waals surface area (Å²) in [6.45, 7) is 7.19. The zero-order valence-corrected chi connectivity index (χ0v) is 37.3. The summed E-state index contributed by atoms with van der Waals surface area (Å²) < 4.78 is 166. The maximum absolute atomic E-state index is 13.2. The van der Waals surface area contributed by atoms with E-state index in [1.165, 1.54) is 39.8 Å². The number of carbonyl (C=O) groups is 2. The lowest BCUT2D eigenvalue weighted by Gasteiger charge is -2.28. The molecule has 0 radical (unpaired) electrons. The minimum Gasteiger partial charge on any atom is -0.476 e. The van der Waals surface area contributed by atoms with Crippen LogP contribution in [-0.2, 0) is 34.3 Å². The third-order valence-electron chi connectivity index (χ3n) is 11.2. The summed E-state index contributed by atoms with van der Waals surface area (Å²) in [6, 6.07) is 7.57. The van der Waals surface area contributed by atoms with Crippen molar-refractivity contribution in [3.63, 3.8) is 0 Å². The van der Waals surface area contributed by atoms with Crippen molar-refractivity contribution in [3.8, 4) is 11.8 Å². The predicted molar refractivity (Wildman–Crippen MR) is 220 cm³/mol. The fraction of sp³-hybridized carbons (Fsp3) is 0.500. The Balaban J connectivity index is 0.000000254. The molecule has 0 aromatic carbocycles. The molecule has 24 heteroatoms. The molecule has 6 rings (SSSR count). The molecule has 0 spiro atoms. The van der Waals surface area contributed by atoms with E-state index >= 15 is 0 Å². The lowest BCUT2D eigenvalue weighted by molar-refractivity contribution is -0.142. The second-order valence-electron chi connectivity index (χ2n) is 17.8. The Hall–Kier alpha value is -5.78. The van der Waals surface area contributed by atoms with Crippen LogP contribution in [0.5, 0.6) is 11.8 Å². The number of halogens is 12.